The summed E-state index contributed by atoms with van der Waals surface area (Å²) in [4.78, 5) is 13.1. The van der Waals surface area contributed by atoms with Gasteiger partial charge in [-0.15, -0.1) is 11.3 Å². The van der Waals surface area contributed by atoms with E-state index < -0.39 is 0 Å². The van der Waals surface area contributed by atoms with Crippen molar-refractivity contribution in [3.05, 3.63) is 34.5 Å². The number of carbonyl (C=O) groups is 1. The lowest BCUT2D eigenvalue weighted by Crippen LogP contribution is -2.45. The molecule has 1 aliphatic heterocycles. The summed E-state index contributed by atoms with van der Waals surface area (Å²) in [5, 5.41) is 7.18. The van der Waals surface area contributed by atoms with Gasteiger partial charge in [-0.25, -0.2) is 4.39 Å². The van der Waals surface area contributed by atoms with E-state index in [9.17, 15) is 9.18 Å². The van der Waals surface area contributed by atoms with Crippen LogP contribution in [0.5, 0.6) is 0 Å². The Morgan fingerprint density at radius 3 is 3.10 bits per heavy atom. The van der Waals surface area contributed by atoms with E-state index >= 15 is 0 Å². The molecular formula is C15H17FN2OS. The zero-order chi connectivity index (χ0) is 14.1. The van der Waals surface area contributed by atoms with Crippen LogP contribution in [0.2, 0.25) is 0 Å². The maximum atomic E-state index is 13.3. The zero-order valence-electron chi connectivity index (χ0n) is 11.3. The fraction of sp³-hybridized carbons (Fsp3) is 0.400. The Morgan fingerprint density at radius 2 is 2.35 bits per heavy atom. The second-order valence-electron chi connectivity index (χ2n) is 5.21. The standard InChI is InChI=1S/C15H17FN2OS/c1-9-12-7-10(16)4-5-13(12)20-14(9)15(19)18-11-3-2-6-17-8-11/h4-5,7,11,17H,2-3,6,8H2,1H3,(H,18,19)/t11-/m0/s1. The van der Waals surface area contributed by atoms with Gasteiger partial charge in [0.05, 0.1) is 4.88 Å². The van der Waals surface area contributed by atoms with Crippen molar-refractivity contribution < 1.29 is 9.18 Å². The molecule has 0 spiro atoms. The van der Waals surface area contributed by atoms with E-state index in [1.165, 1.54) is 23.5 Å². The average molecular weight is 292 g/mol. The summed E-state index contributed by atoms with van der Waals surface area (Å²) in [6.07, 6.45) is 2.10. The second kappa shape index (κ2) is 5.50. The molecule has 1 aliphatic rings. The largest absolute Gasteiger partial charge is 0.347 e. The number of rotatable bonds is 2. The summed E-state index contributed by atoms with van der Waals surface area (Å²) < 4.78 is 14.2. The minimum atomic E-state index is -0.262. The number of halogens is 1. The Bertz CT molecular complexity index is 647. The Hall–Kier alpha value is -1.46. The normalized spacial score (nSPS) is 19.2. The van der Waals surface area contributed by atoms with Gasteiger partial charge in [0, 0.05) is 17.3 Å². The lowest BCUT2D eigenvalue weighted by molar-refractivity contribution is 0.0934. The molecule has 2 aromatic rings. The number of fused-ring (bicyclic) bond motifs is 1. The topological polar surface area (TPSA) is 41.1 Å². The fourth-order valence-electron chi connectivity index (χ4n) is 2.64. The Balaban J connectivity index is 1.85. The van der Waals surface area contributed by atoms with Gasteiger partial charge >= 0.3 is 0 Å². The molecule has 2 N–H and O–H groups in total. The van der Waals surface area contributed by atoms with Gasteiger partial charge in [-0.1, -0.05) is 0 Å². The minimum Gasteiger partial charge on any atom is -0.347 e. The molecule has 1 aromatic carbocycles. The first-order valence-electron chi connectivity index (χ1n) is 6.85. The smallest absolute Gasteiger partial charge is 0.261 e. The SMILES string of the molecule is Cc1c(C(=O)N[C@H]2CCCNC2)sc2ccc(F)cc12. The molecule has 0 unspecified atom stereocenters. The van der Waals surface area contributed by atoms with Gasteiger partial charge in [0.25, 0.3) is 5.91 Å². The van der Waals surface area contributed by atoms with Crippen molar-refractivity contribution in [1.82, 2.24) is 10.6 Å². The number of benzene rings is 1. The van der Waals surface area contributed by atoms with Crippen LogP contribution in [0.3, 0.4) is 0 Å². The van der Waals surface area contributed by atoms with Crippen molar-refractivity contribution >= 4 is 27.3 Å². The number of piperidine rings is 1. The summed E-state index contributed by atoms with van der Waals surface area (Å²) in [7, 11) is 0. The van der Waals surface area contributed by atoms with Crippen LogP contribution >= 0.6 is 11.3 Å². The van der Waals surface area contributed by atoms with E-state index in [-0.39, 0.29) is 17.8 Å². The molecule has 1 fully saturated rings. The van der Waals surface area contributed by atoms with E-state index in [1.54, 1.807) is 6.07 Å². The minimum absolute atomic E-state index is 0.0437. The van der Waals surface area contributed by atoms with E-state index in [0.717, 1.165) is 41.6 Å². The summed E-state index contributed by atoms with van der Waals surface area (Å²) in [6.45, 7) is 3.73. The van der Waals surface area contributed by atoms with Crippen LogP contribution in [0.4, 0.5) is 4.39 Å². The third-order valence-corrected chi connectivity index (χ3v) is 5.01. The highest BCUT2D eigenvalue weighted by Crippen LogP contribution is 2.31. The van der Waals surface area contributed by atoms with Crippen molar-refractivity contribution in [2.45, 2.75) is 25.8 Å². The number of amides is 1. The molecule has 1 atom stereocenters. The molecule has 1 aromatic heterocycles. The Labute approximate surface area is 121 Å². The van der Waals surface area contributed by atoms with Crippen molar-refractivity contribution in [2.75, 3.05) is 13.1 Å². The van der Waals surface area contributed by atoms with Gasteiger partial charge in [0.2, 0.25) is 0 Å². The lowest BCUT2D eigenvalue weighted by Gasteiger charge is -2.23. The maximum absolute atomic E-state index is 13.3. The van der Waals surface area contributed by atoms with Gasteiger partial charge in [0.15, 0.2) is 0 Å². The number of thiophene rings is 1. The number of carbonyl (C=O) groups excluding carboxylic acids is 1. The molecule has 0 aliphatic carbocycles. The third-order valence-electron chi connectivity index (χ3n) is 3.74. The van der Waals surface area contributed by atoms with E-state index in [0.29, 0.717) is 4.88 Å². The van der Waals surface area contributed by atoms with Gasteiger partial charge in [0.1, 0.15) is 5.82 Å². The number of hydrogen-bond donors (Lipinski definition) is 2. The van der Waals surface area contributed by atoms with Crippen LogP contribution in [0, 0.1) is 12.7 Å². The summed E-state index contributed by atoms with van der Waals surface area (Å²) in [6, 6.07) is 4.87. The molecule has 106 valence electrons. The quantitative estimate of drug-likeness (QED) is 0.893. The summed E-state index contributed by atoms with van der Waals surface area (Å²) in [5.74, 6) is -0.306. The fourth-order valence-corrected chi connectivity index (χ4v) is 3.73. The molecule has 0 radical (unpaired) electrons. The van der Waals surface area contributed by atoms with Crippen molar-refractivity contribution in [3.8, 4) is 0 Å². The predicted octanol–water partition coefficient (Wildman–Crippen LogP) is 2.83. The zero-order valence-corrected chi connectivity index (χ0v) is 12.1. The molecule has 3 rings (SSSR count). The molecule has 3 nitrogen and oxygen atoms in total. The van der Waals surface area contributed by atoms with Gasteiger partial charge in [-0.3, -0.25) is 4.79 Å². The molecule has 5 heteroatoms. The monoisotopic (exact) mass is 292 g/mol. The molecule has 20 heavy (non-hydrogen) atoms. The highest BCUT2D eigenvalue weighted by Gasteiger charge is 2.20. The summed E-state index contributed by atoms with van der Waals surface area (Å²) in [5.41, 5.74) is 0.866. The van der Waals surface area contributed by atoms with Crippen LogP contribution in [0.25, 0.3) is 10.1 Å². The van der Waals surface area contributed by atoms with E-state index in [4.69, 9.17) is 0 Å². The Morgan fingerprint density at radius 1 is 1.50 bits per heavy atom. The van der Waals surface area contributed by atoms with Crippen LogP contribution in [-0.4, -0.2) is 25.0 Å². The highest BCUT2D eigenvalue weighted by atomic mass is 32.1. The number of nitrogens with one attached hydrogen (secondary N) is 2. The predicted molar refractivity (Wildman–Crippen MR) is 79.9 cm³/mol. The number of hydrogen-bond acceptors (Lipinski definition) is 3. The van der Waals surface area contributed by atoms with Crippen LogP contribution in [0.15, 0.2) is 18.2 Å². The summed E-state index contributed by atoms with van der Waals surface area (Å²) >= 11 is 1.43. The molecule has 0 bridgehead atoms. The number of aryl methyl sites for hydroxylation is 1. The average Bonchev–Trinajstić information content (AvgIpc) is 2.77. The van der Waals surface area contributed by atoms with Crippen molar-refractivity contribution in [3.63, 3.8) is 0 Å². The van der Waals surface area contributed by atoms with Crippen LogP contribution in [0.1, 0.15) is 28.1 Å². The molecular weight excluding hydrogens is 275 g/mol. The maximum Gasteiger partial charge on any atom is 0.261 e. The first-order chi connectivity index (χ1) is 9.65. The molecule has 1 saturated heterocycles. The van der Waals surface area contributed by atoms with Crippen LogP contribution < -0.4 is 10.6 Å². The van der Waals surface area contributed by atoms with E-state index in [2.05, 4.69) is 10.6 Å². The van der Waals surface area contributed by atoms with Gasteiger partial charge in [-0.2, -0.15) is 0 Å². The molecule has 1 amide bonds. The van der Waals surface area contributed by atoms with Crippen molar-refractivity contribution in [1.29, 1.82) is 0 Å². The van der Waals surface area contributed by atoms with E-state index in [1.807, 2.05) is 6.92 Å². The van der Waals surface area contributed by atoms with Crippen molar-refractivity contribution in [2.24, 2.45) is 0 Å². The first-order valence-corrected chi connectivity index (χ1v) is 7.67. The molecule has 2 heterocycles. The Kier molecular flexibility index (Phi) is 3.72. The molecule has 0 saturated carbocycles. The van der Waals surface area contributed by atoms with Crippen LogP contribution in [-0.2, 0) is 0 Å². The third kappa shape index (κ3) is 2.55. The van der Waals surface area contributed by atoms with Gasteiger partial charge < -0.3 is 10.6 Å². The second-order valence-corrected chi connectivity index (χ2v) is 6.27. The van der Waals surface area contributed by atoms with Gasteiger partial charge in [-0.05, 0) is 55.5 Å². The first kappa shape index (κ1) is 13.5. The highest BCUT2D eigenvalue weighted by molar-refractivity contribution is 7.21. The lowest BCUT2D eigenvalue weighted by atomic mass is 10.1.